The van der Waals surface area contributed by atoms with E-state index in [0.29, 0.717) is 34.4 Å². The van der Waals surface area contributed by atoms with Gasteiger partial charge in [-0.2, -0.15) is 10.0 Å². The molecule has 0 aliphatic carbocycles. The standard InChI is InChI=1S/C24H23N5O4S/c1-2-32-22(31)16-8-6-7-15(13-16)19-10-9-17(33-19)14-18-20(25)29-23(26-21(18)30)34-24(27-29)28-11-4-3-5-12-28/h6-10,13-14,25H,2-5,11-12H2,1H3/b18-14+,25-20?. The van der Waals surface area contributed by atoms with Crippen LogP contribution in [-0.4, -0.2) is 57.7 Å². The summed E-state index contributed by atoms with van der Waals surface area (Å²) in [7, 11) is 0. The predicted molar refractivity (Wildman–Crippen MR) is 131 cm³/mol. The molecule has 174 valence electrons. The van der Waals surface area contributed by atoms with Crippen molar-refractivity contribution < 1.29 is 18.7 Å². The lowest BCUT2D eigenvalue weighted by atomic mass is 10.1. The summed E-state index contributed by atoms with van der Waals surface area (Å²) in [5, 5.41) is 15.7. The topological polar surface area (TPSA) is 112 Å². The molecule has 5 rings (SSSR count). The number of ether oxygens (including phenoxy) is 1. The third-order valence-corrected chi connectivity index (χ3v) is 6.61. The minimum Gasteiger partial charge on any atom is -0.462 e. The Hall–Kier alpha value is -3.66. The molecule has 1 fully saturated rings. The highest BCUT2D eigenvalue weighted by atomic mass is 32.2. The summed E-state index contributed by atoms with van der Waals surface area (Å²) in [6.45, 7) is 3.89. The first kappa shape index (κ1) is 22.1. The normalized spacial score (nSPS) is 19.3. The van der Waals surface area contributed by atoms with Gasteiger partial charge in [0.2, 0.25) is 5.17 Å². The first-order valence-corrected chi connectivity index (χ1v) is 12.0. The number of nitrogens with one attached hydrogen (secondary N) is 1. The third-order valence-electron chi connectivity index (χ3n) is 5.64. The van der Waals surface area contributed by atoms with Crippen molar-refractivity contribution in [2.45, 2.75) is 26.2 Å². The number of esters is 1. The highest BCUT2D eigenvalue weighted by Crippen LogP contribution is 2.31. The maximum atomic E-state index is 12.7. The van der Waals surface area contributed by atoms with Crippen LogP contribution in [0.15, 0.2) is 56.5 Å². The number of amides is 1. The van der Waals surface area contributed by atoms with E-state index in [0.717, 1.165) is 31.1 Å². The van der Waals surface area contributed by atoms with Crippen LogP contribution in [0.5, 0.6) is 0 Å². The SMILES string of the molecule is CCOC(=O)c1cccc(-c2ccc(/C=C3\C(=N)N4N=C(N5CCCCC5)SC4=NC3=O)o2)c1. The van der Waals surface area contributed by atoms with Crippen LogP contribution in [0.4, 0.5) is 0 Å². The molecule has 1 N–H and O–H groups in total. The molecule has 10 heteroatoms. The molecule has 3 aliphatic rings. The van der Waals surface area contributed by atoms with E-state index >= 15 is 0 Å². The lowest BCUT2D eigenvalue weighted by Crippen LogP contribution is -2.35. The largest absolute Gasteiger partial charge is 0.462 e. The maximum Gasteiger partial charge on any atom is 0.338 e. The van der Waals surface area contributed by atoms with Gasteiger partial charge in [0, 0.05) is 18.7 Å². The van der Waals surface area contributed by atoms with Gasteiger partial charge in [-0.3, -0.25) is 10.2 Å². The highest BCUT2D eigenvalue weighted by molar-refractivity contribution is 8.26. The Balaban J connectivity index is 1.37. The minimum absolute atomic E-state index is 0.0308. The zero-order chi connectivity index (χ0) is 23.7. The molecule has 0 bridgehead atoms. The molecule has 0 unspecified atom stereocenters. The summed E-state index contributed by atoms with van der Waals surface area (Å²) in [5.74, 6) is -0.00604. The number of rotatable bonds is 4. The van der Waals surface area contributed by atoms with E-state index in [9.17, 15) is 9.59 Å². The summed E-state index contributed by atoms with van der Waals surface area (Å²) in [6.07, 6.45) is 4.93. The maximum absolute atomic E-state index is 12.7. The van der Waals surface area contributed by atoms with E-state index in [1.165, 1.54) is 29.3 Å². The molecule has 4 heterocycles. The van der Waals surface area contributed by atoms with Crippen LogP contribution in [0.1, 0.15) is 42.3 Å². The molecule has 0 radical (unpaired) electrons. The van der Waals surface area contributed by atoms with Gasteiger partial charge in [0.15, 0.2) is 11.0 Å². The number of amidine groups is 3. The van der Waals surface area contributed by atoms with Crippen molar-refractivity contribution >= 4 is 45.9 Å². The number of carbonyl (C=O) groups is 2. The Morgan fingerprint density at radius 2 is 2.03 bits per heavy atom. The van der Waals surface area contributed by atoms with Gasteiger partial charge in [0.1, 0.15) is 11.5 Å². The first-order chi connectivity index (χ1) is 16.5. The van der Waals surface area contributed by atoms with Crippen LogP contribution in [0.2, 0.25) is 0 Å². The molecule has 0 saturated carbocycles. The average molecular weight is 478 g/mol. The van der Waals surface area contributed by atoms with Crippen LogP contribution >= 0.6 is 11.8 Å². The molecule has 34 heavy (non-hydrogen) atoms. The van der Waals surface area contributed by atoms with Crippen molar-refractivity contribution in [1.29, 1.82) is 5.41 Å². The van der Waals surface area contributed by atoms with Crippen molar-refractivity contribution in [1.82, 2.24) is 9.91 Å². The second-order valence-electron chi connectivity index (χ2n) is 7.95. The second-order valence-corrected chi connectivity index (χ2v) is 8.89. The zero-order valence-corrected chi connectivity index (χ0v) is 19.4. The van der Waals surface area contributed by atoms with Gasteiger partial charge in [0.25, 0.3) is 5.91 Å². The molecular formula is C24H23N5O4S. The average Bonchev–Trinajstić information content (AvgIpc) is 3.50. The number of thioether (sulfide) groups is 1. The van der Waals surface area contributed by atoms with Gasteiger partial charge in [-0.25, -0.2) is 4.79 Å². The van der Waals surface area contributed by atoms with Gasteiger partial charge in [0.05, 0.1) is 17.7 Å². The molecular weight excluding hydrogens is 454 g/mol. The number of fused-ring (bicyclic) bond motifs is 1. The first-order valence-electron chi connectivity index (χ1n) is 11.2. The number of hydrazone groups is 1. The van der Waals surface area contributed by atoms with Crippen molar-refractivity contribution in [3.05, 3.63) is 53.3 Å². The van der Waals surface area contributed by atoms with Crippen LogP contribution in [0.25, 0.3) is 17.4 Å². The van der Waals surface area contributed by atoms with Crippen molar-refractivity contribution in [3.8, 4) is 11.3 Å². The van der Waals surface area contributed by atoms with Gasteiger partial charge < -0.3 is 14.1 Å². The van der Waals surface area contributed by atoms with Gasteiger partial charge in [-0.1, -0.05) is 12.1 Å². The van der Waals surface area contributed by atoms with Gasteiger partial charge in [-0.15, -0.1) is 5.10 Å². The lowest BCUT2D eigenvalue weighted by molar-refractivity contribution is -0.114. The van der Waals surface area contributed by atoms with Crippen LogP contribution in [0.3, 0.4) is 0 Å². The number of carbonyl (C=O) groups excluding carboxylic acids is 2. The van der Waals surface area contributed by atoms with E-state index in [1.807, 2.05) is 6.07 Å². The molecule has 1 saturated heterocycles. The Morgan fingerprint density at radius 1 is 1.21 bits per heavy atom. The van der Waals surface area contributed by atoms with Gasteiger partial charge >= 0.3 is 5.97 Å². The third kappa shape index (κ3) is 4.28. The Kier molecular flexibility index (Phi) is 6.06. The lowest BCUT2D eigenvalue weighted by Gasteiger charge is -2.26. The molecule has 2 aromatic rings. The Labute approximate surface area is 200 Å². The number of furan rings is 1. The summed E-state index contributed by atoms with van der Waals surface area (Å²) in [4.78, 5) is 31.1. The number of benzene rings is 1. The number of nitrogens with zero attached hydrogens (tertiary/aromatic N) is 4. The summed E-state index contributed by atoms with van der Waals surface area (Å²) in [5.41, 5.74) is 1.23. The van der Waals surface area contributed by atoms with Crippen molar-refractivity contribution in [3.63, 3.8) is 0 Å². The quantitative estimate of drug-likeness (QED) is 0.519. The Bertz CT molecular complexity index is 1260. The fourth-order valence-electron chi connectivity index (χ4n) is 3.94. The summed E-state index contributed by atoms with van der Waals surface area (Å²) in [6, 6.07) is 10.4. The second kappa shape index (κ2) is 9.30. The summed E-state index contributed by atoms with van der Waals surface area (Å²) >= 11 is 1.33. The van der Waals surface area contributed by atoms with E-state index < -0.39 is 11.9 Å². The van der Waals surface area contributed by atoms with E-state index in [4.69, 9.17) is 14.6 Å². The molecule has 1 amide bonds. The van der Waals surface area contributed by atoms with Crippen LogP contribution in [0, 0.1) is 5.41 Å². The molecule has 1 aromatic carbocycles. The number of hydrogen-bond donors (Lipinski definition) is 1. The van der Waals surface area contributed by atoms with E-state index in [1.54, 1.807) is 37.3 Å². The highest BCUT2D eigenvalue weighted by Gasteiger charge is 2.37. The van der Waals surface area contributed by atoms with Gasteiger partial charge in [-0.05, 0) is 68.3 Å². The zero-order valence-electron chi connectivity index (χ0n) is 18.6. The van der Waals surface area contributed by atoms with Crippen LogP contribution < -0.4 is 0 Å². The predicted octanol–water partition coefficient (Wildman–Crippen LogP) is 4.19. The smallest absolute Gasteiger partial charge is 0.338 e. The monoisotopic (exact) mass is 477 g/mol. The molecule has 9 nitrogen and oxygen atoms in total. The number of hydrogen-bond acceptors (Lipinski definition) is 8. The van der Waals surface area contributed by atoms with Crippen LogP contribution in [-0.2, 0) is 9.53 Å². The molecule has 3 aliphatic heterocycles. The number of piperidine rings is 1. The minimum atomic E-state index is -0.499. The number of aliphatic imine (C=N–C) groups is 1. The van der Waals surface area contributed by atoms with Crippen molar-refractivity contribution in [2.24, 2.45) is 10.1 Å². The fourth-order valence-corrected chi connectivity index (χ4v) is 4.88. The fraction of sp³-hybridized carbons (Fsp3) is 0.292. The Morgan fingerprint density at radius 3 is 2.82 bits per heavy atom. The molecule has 1 aromatic heterocycles. The van der Waals surface area contributed by atoms with E-state index in [-0.39, 0.29) is 11.4 Å². The molecule has 0 spiro atoms. The number of likely N-dealkylation sites (tertiary alicyclic amines) is 1. The molecule has 0 atom stereocenters. The van der Waals surface area contributed by atoms with E-state index in [2.05, 4.69) is 15.0 Å². The van der Waals surface area contributed by atoms with Crippen molar-refractivity contribution in [2.75, 3.05) is 19.7 Å². The summed E-state index contributed by atoms with van der Waals surface area (Å²) < 4.78 is 11.0.